The van der Waals surface area contributed by atoms with Crippen molar-refractivity contribution in [3.8, 4) is 22.6 Å². The summed E-state index contributed by atoms with van der Waals surface area (Å²) in [5.74, 6) is 0.691. The highest BCUT2D eigenvalue weighted by Gasteiger charge is 2.19. The van der Waals surface area contributed by atoms with Crippen LogP contribution in [0.3, 0.4) is 0 Å². The Balaban J connectivity index is 1.41. The molecule has 6 rings (SSSR count). The number of H-pyrrole nitrogens is 2. The zero-order chi connectivity index (χ0) is 23.1. The molecule has 0 unspecified atom stereocenters. The summed E-state index contributed by atoms with van der Waals surface area (Å²) in [4.78, 5) is 26.5. The highest BCUT2D eigenvalue weighted by molar-refractivity contribution is 5.95. The Kier molecular flexibility index (Phi) is 5.18. The lowest BCUT2D eigenvalue weighted by Gasteiger charge is -2.28. The summed E-state index contributed by atoms with van der Waals surface area (Å²) in [5.41, 5.74) is 7.44. The van der Waals surface area contributed by atoms with E-state index in [1.54, 1.807) is 0 Å². The number of nitrogens with zero attached hydrogens (tertiary/aromatic N) is 7. The number of aromatic amines is 2. The number of anilines is 1. The fraction of sp³-hybridized carbons (Fsp3) is 0.320. The summed E-state index contributed by atoms with van der Waals surface area (Å²) in [7, 11) is 4.11. The molecule has 0 aromatic carbocycles. The molecule has 1 saturated heterocycles. The van der Waals surface area contributed by atoms with Crippen LogP contribution in [0.1, 0.15) is 24.8 Å². The number of rotatable bonds is 5. The van der Waals surface area contributed by atoms with Gasteiger partial charge in [0.05, 0.1) is 11.1 Å². The van der Waals surface area contributed by atoms with E-state index in [-0.39, 0.29) is 0 Å². The highest BCUT2D eigenvalue weighted by Crippen LogP contribution is 2.32. The number of hydrogen-bond donors (Lipinski definition) is 2. The van der Waals surface area contributed by atoms with Gasteiger partial charge in [0.1, 0.15) is 11.2 Å². The lowest BCUT2D eigenvalue weighted by Crippen LogP contribution is -2.29. The molecule has 0 radical (unpaired) electrons. The average molecular weight is 454 g/mol. The number of pyridine rings is 3. The van der Waals surface area contributed by atoms with Crippen LogP contribution >= 0.6 is 0 Å². The quantitative estimate of drug-likeness (QED) is 0.414. The van der Waals surface area contributed by atoms with Crippen molar-refractivity contribution in [2.24, 2.45) is 0 Å². The van der Waals surface area contributed by atoms with Crippen molar-refractivity contribution >= 4 is 27.9 Å². The second kappa shape index (κ2) is 8.49. The lowest BCUT2D eigenvalue weighted by atomic mass is 10.1. The van der Waals surface area contributed by atoms with Crippen LogP contribution in [0.25, 0.3) is 44.8 Å². The lowest BCUT2D eigenvalue weighted by molar-refractivity contribution is 0.402. The Bertz CT molecular complexity index is 1460. The van der Waals surface area contributed by atoms with Crippen LogP contribution in [0.5, 0.6) is 0 Å². The molecular formula is C25H27N9. The van der Waals surface area contributed by atoms with E-state index in [0.717, 1.165) is 69.9 Å². The molecule has 0 bridgehead atoms. The fourth-order valence-electron chi connectivity index (χ4n) is 4.74. The van der Waals surface area contributed by atoms with Gasteiger partial charge in [-0.2, -0.15) is 5.10 Å². The molecule has 0 amide bonds. The molecule has 34 heavy (non-hydrogen) atoms. The van der Waals surface area contributed by atoms with Crippen molar-refractivity contribution < 1.29 is 0 Å². The summed E-state index contributed by atoms with van der Waals surface area (Å²) in [5, 5.41) is 8.51. The molecule has 5 aromatic heterocycles. The summed E-state index contributed by atoms with van der Waals surface area (Å²) in [6, 6.07) is 6.32. The van der Waals surface area contributed by atoms with Crippen LogP contribution < -0.4 is 4.90 Å². The molecule has 9 nitrogen and oxygen atoms in total. The van der Waals surface area contributed by atoms with Crippen molar-refractivity contribution in [3.05, 3.63) is 48.5 Å². The molecule has 1 fully saturated rings. The van der Waals surface area contributed by atoms with E-state index >= 15 is 0 Å². The Morgan fingerprint density at radius 1 is 0.971 bits per heavy atom. The third-order valence-corrected chi connectivity index (χ3v) is 6.33. The largest absolute Gasteiger partial charge is 0.370 e. The molecule has 0 atom stereocenters. The van der Waals surface area contributed by atoms with E-state index < -0.39 is 0 Å². The number of hydrogen-bond acceptors (Lipinski definition) is 7. The number of imidazole rings is 1. The van der Waals surface area contributed by atoms with Crippen LogP contribution in [0, 0.1) is 0 Å². The molecule has 0 spiro atoms. The second-order valence-electron chi connectivity index (χ2n) is 9.17. The molecular weight excluding hydrogens is 426 g/mol. The Labute approximate surface area is 197 Å². The van der Waals surface area contributed by atoms with Crippen LogP contribution in [0.2, 0.25) is 0 Å². The molecule has 1 aliphatic heterocycles. The summed E-state index contributed by atoms with van der Waals surface area (Å²) in [6.07, 6.45) is 11.2. The van der Waals surface area contributed by atoms with Gasteiger partial charge in [0, 0.05) is 55.5 Å². The number of fused-ring (bicyclic) bond motifs is 2. The van der Waals surface area contributed by atoms with Crippen molar-refractivity contribution in [3.63, 3.8) is 0 Å². The van der Waals surface area contributed by atoms with E-state index in [1.165, 1.54) is 19.3 Å². The Morgan fingerprint density at radius 2 is 1.82 bits per heavy atom. The van der Waals surface area contributed by atoms with Gasteiger partial charge in [0.15, 0.2) is 17.1 Å². The molecule has 5 aromatic rings. The summed E-state index contributed by atoms with van der Waals surface area (Å²) < 4.78 is 0. The van der Waals surface area contributed by atoms with E-state index in [9.17, 15) is 0 Å². The van der Waals surface area contributed by atoms with Gasteiger partial charge in [-0.15, -0.1) is 0 Å². The first-order valence-electron chi connectivity index (χ1n) is 11.7. The van der Waals surface area contributed by atoms with Gasteiger partial charge in [0.2, 0.25) is 0 Å². The molecule has 9 heteroatoms. The van der Waals surface area contributed by atoms with Gasteiger partial charge >= 0.3 is 0 Å². The first-order valence-corrected chi connectivity index (χ1v) is 11.7. The van der Waals surface area contributed by atoms with Gasteiger partial charge in [-0.25, -0.2) is 15.0 Å². The predicted molar refractivity (Wildman–Crippen MR) is 133 cm³/mol. The highest BCUT2D eigenvalue weighted by atomic mass is 15.2. The van der Waals surface area contributed by atoms with Crippen LogP contribution in [0.4, 0.5) is 5.69 Å². The summed E-state index contributed by atoms with van der Waals surface area (Å²) in [6.45, 7) is 2.94. The third-order valence-electron chi connectivity index (χ3n) is 6.33. The molecule has 2 N–H and O–H groups in total. The average Bonchev–Trinajstić information content (AvgIpc) is 3.48. The summed E-state index contributed by atoms with van der Waals surface area (Å²) >= 11 is 0. The zero-order valence-corrected chi connectivity index (χ0v) is 19.4. The van der Waals surface area contributed by atoms with E-state index in [1.807, 2.05) is 24.8 Å². The van der Waals surface area contributed by atoms with E-state index in [4.69, 9.17) is 4.98 Å². The normalized spacial score (nSPS) is 14.5. The standard InChI is InChI=1S/C25H27N9/c1-33(2)15-16-10-17(13-26-12-16)18-11-19-21(31-32-23(19)28-14-18)25-29-22-20(6-7-27-24(22)30-25)34-8-4-3-5-9-34/h6-7,10-14H,3-5,8-9,15H2,1-2H3,(H,27,29,30)(H,28,31,32). The number of aromatic nitrogens is 7. The topological polar surface area (TPSA) is 103 Å². The maximum atomic E-state index is 4.94. The van der Waals surface area contributed by atoms with Crippen LogP contribution in [-0.2, 0) is 6.54 Å². The predicted octanol–water partition coefficient (Wildman–Crippen LogP) is 4.01. The van der Waals surface area contributed by atoms with Gasteiger partial charge in [-0.1, -0.05) is 0 Å². The van der Waals surface area contributed by atoms with Crippen molar-refractivity contribution in [2.75, 3.05) is 32.1 Å². The van der Waals surface area contributed by atoms with Crippen LogP contribution in [0.15, 0.2) is 43.0 Å². The first kappa shape index (κ1) is 20.7. The van der Waals surface area contributed by atoms with Crippen molar-refractivity contribution in [1.29, 1.82) is 0 Å². The monoisotopic (exact) mass is 453 g/mol. The van der Waals surface area contributed by atoms with Gasteiger partial charge in [0.25, 0.3) is 0 Å². The van der Waals surface area contributed by atoms with E-state index in [0.29, 0.717) is 5.82 Å². The maximum Gasteiger partial charge on any atom is 0.161 e. The maximum absolute atomic E-state index is 4.94. The second-order valence-corrected chi connectivity index (χ2v) is 9.17. The minimum Gasteiger partial charge on any atom is -0.370 e. The first-order chi connectivity index (χ1) is 16.7. The van der Waals surface area contributed by atoms with Crippen LogP contribution in [-0.4, -0.2) is 67.2 Å². The fourth-order valence-corrected chi connectivity index (χ4v) is 4.74. The Hall–Kier alpha value is -3.85. The SMILES string of the molecule is CN(C)Cc1cncc(-c2cnc3[nH]nc(-c4nc5c(N6CCCCC6)ccnc5[nH]4)c3c2)c1. The molecule has 1 aliphatic rings. The Morgan fingerprint density at radius 3 is 2.68 bits per heavy atom. The molecule has 6 heterocycles. The molecule has 0 aliphatic carbocycles. The van der Waals surface area contributed by atoms with Gasteiger partial charge < -0.3 is 14.8 Å². The van der Waals surface area contributed by atoms with Crippen molar-refractivity contribution in [1.82, 2.24) is 40.0 Å². The van der Waals surface area contributed by atoms with Crippen molar-refractivity contribution in [2.45, 2.75) is 25.8 Å². The smallest absolute Gasteiger partial charge is 0.161 e. The number of nitrogens with one attached hydrogen (secondary N) is 2. The minimum atomic E-state index is 0.691. The number of piperidine rings is 1. The van der Waals surface area contributed by atoms with Gasteiger partial charge in [-0.05, 0) is 57.1 Å². The van der Waals surface area contributed by atoms with Gasteiger partial charge in [-0.3, -0.25) is 10.1 Å². The minimum absolute atomic E-state index is 0.691. The van der Waals surface area contributed by atoms with E-state index in [2.05, 4.69) is 72.2 Å². The molecule has 0 saturated carbocycles. The zero-order valence-electron chi connectivity index (χ0n) is 19.4. The molecule has 172 valence electrons. The third kappa shape index (κ3) is 3.77.